The van der Waals surface area contributed by atoms with Gasteiger partial charge in [0.15, 0.2) is 0 Å². The summed E-state index contributed by atoms with van der Waals surface area (Å²) in [5, 5.41) is 0. The van der Waals surface area contributed by atoms with Gasteiger partial charge in [0.25, 0.3) is 0 Å². The summed E-state index contributed by atoms with van der Waals surface area (Å²) in [4.78, 5) is 11.4. The van der Waals surface area contributed by atoms with Gasteiger partial charge in [0.2, 0.25) is 0 Å². The number of ketones is 1. The number of rotatable bonds is 6. The Bertz CT molecular complexity index is 147. The molecule has 1 unspecified atom stereocenters. The normalized spacial score (nSPS) is 13.0. The fraction of sp³-hybridized carbons (Fsp3) is 0.727. The highest BCUT2D eigenvalue weighted by Crippen LogP contribution is 2.14. The molecule has 0 aromatic carbocycles. The average Bonchev–Trinajstić information content (AvgIpc) is 1.98. The zero-order valence-corrected chi connectivity index (χ0v) is 8.47. The second-order valence-corrected chi connectivity index (χ2v) is 3.82. The van der Waals surface area contributed by atoms with Crippen molar-refractivity contribution >= 4 is 5.78 Å². The first-order valence-electron chi connectivity index (χ1n) is 4.71. The molecule has 0 rings (SSSR count). The molecule has 12 heavy (non-hydrogen) atoms. The molecule has 0 radical (unpaired) electrons. The molecular formula is C11H20O. The van der Waals surface area contributed by atoms with E-state index in [2.05, 4.69) is 20.4 Å². The third-order valence-electron chi connectivity index (χ3n) is 1.97. The molecule has 0 saturated carbocycles. The highest BCUT2D eigenvalue weighted by molar-refractivity contribution is 5.80. The minimum atomic E-state index is 0.227. The number of Topliss-reactive ketones (excluding diaryl/α,β-unsaturated/α-hetero) is 1. The van der Waals surface area contributed by atoms with Crippen molar-refractivity contribution in [3.05, 3.63) is 12.7 Å². The molecule has 1 atom stereocenters. The van der Waals surface area contributed by atoms with Crippen LogP contribution in [-0.2, 0) is 4.79 Å². The van der Waals surface area contributed by atoms with E-state index in [1.807, 2.05) is 6.92 Å². The summed E-state index contributed by atoms with van der Waals surface area (Å²) in [6, 6.07) is 0. The summed E-state index contributed by atoms with van der Waals surface area (Å²) in [6.45, 7) is 9.92. The van der Waals surface area contributed by atoms with Gasteiger partial charge >= 0.3 is 0 Å². The van der Waals surface area contributed by atoms with Crippen LogP contribution < -0.4 is 0 Å². The number of carbonyl (C=O) groups excluding carboxylic acids is 1. The van der Waals surface area contributed by atoms with E-state index in [0.717, 1.165) is 12.8 Å². The lowest BCUT2D eigenvalue weighted by molar-refractivity contribution is -0.122. The van der Waals surface area contributed by atoms with Crippen LogP contribution in [0.2, 0.25) is 0 Å². The van der Waals surface area contributed by atoms with Crippen molar-refractivity contribution in [2.45, 2.75) is 40.0 Å². The molecule has 0 amide bonds. The first-order chi connectivity index (χ1) is 5.57. The molecule has 70 valence electrons. The maximum Gasteiger partial charge on any atom is 0.136 e. The van der Waals surface area contributed by atoms with E-state index in [9.17, 15) is 4.79 Å². The Balaban J connectivity index is 3.68. The summed E-state index contributed by atoms with van der Waals surface area (Å²) in [6.07, 6.45) is 4.30. The van der Waals surface area contributed by atoms with Crippen LogP contribution in [-0.4, -0.2) is 5.78 Å². The van der Waals surface area contributed by atoms with Crippen molar-refractivity contribution in [1.82, 2.24) is 0 Å². The molecular weight excluding hydrogens is 148 g/mol. The van der Waals surface area contributed by atoms with Crippen LogP contribution in [0.1, 0.15) is 40.0 Å². The Labute approximate surface area is 75.9 Å². The van der Waals surface area contributed by atoms with E-state index in [-0.39, 0.29) is 5.92 Å². The zero-order chi connectivity index (χ0) is 9.56. The first-order valence-corrected chi connectivity index (χ1v) is 4.71. The number of hydrogen-bond donors (Lipinski definition) is 0. The van der Waals surface area contributed by atoms with Crippen molar-refractivity contribution in [3.63, 3.8) is 0 Å². The first kappa shape index (κ1) is 11.4. The van der Waals surface area contributed by atoms with Crippen LogP contribution in [0, 0.1) is 11.8 Å². The third-order valence-corrected chi connectivity index (χ3v) is 1.97. The van der Waals surface area contributed by atoms with Gasteiger partial charge in [-0.1, -0.05) is 26.8 Å². The predicted octanol–water partition coefficient (Wildman–Crippen LogP) is 3.20. The second kappa shape index (κ2) is 5.99. The van der Waals surface area contributed by atoms with E-state index in [0.29, 0.717) is 18.1 Å². The molecule has 0 aromatic heterocycles. The number of allylic oxidation sites excluding steroid dienone is 1. The highest BCUT2D eigenvalue weighted by atomic mass is 16.1. The van der Waals surface area contributed by atoms with E-state index >= 15 is 0 Å². The van der Waals surface area contributed by atoms with Crippen LogP contribution in [0.25, 0.3) is 0 Å². The van der Waals surface area contributed by atoms with Crippen molar-refractivity contribution in [3.8, 4) is 0 Å². The summed E-state index contributed by atoms with van der Waals surface area (Å²) in [7, 11) is 0. The lowest BCUT2D eigenvalue weighted by atomic mass is 9.93. The van der Waals surface area contributed by atoms with Crippen molar-refractivity contribution < 1.29 is 4.79 Å². The van der Waals surface area contributed by atoms with E-state index in [1.54, 1.807) is 6.08 Å². The summed E-state index contributed by atoms with van der Waals surface area (Å²) in [5.41, 5.74) is 0. The molecule has 0 fully saturated rings. The summed E-state index contributed by atoms with van der Waals surface area (Å²) in [5.74, 6) is 1.22. The topological polar surface area (TPSA) is 17.1 Å². The molecule has 0 aromatic rings. The van der Waals surface area contributed by atoms with Crippen LogP contribution >= 0.6 is 0 Å². The van der Waals surface area contributed by atoms with Gasteiger partial charge < -0.3 is 0 Å². The Morgan fingerprint density at radius 1 is 1.42 bits per heavy atom. The molecule has 0 heterocycles. The standard InChI is InChI=1S/C11H20O/c1-5-6-7-11(12)10(4)8-9(2)3/h5,9-10H,1,6-8H2,2-4H3. The van der Waals surface area contributed by atoms with Gasteiger partial charge in [-0.2, -0.15) is 0 Å². The number of carbonyl (C=O) groups is 1. The third kappa shape index (κ3) is 5.11. The quantitative estimate of drug-likeness (QED) is 0.557. The Kier molecular flexibility index (Phi) is 5.69. The van der Waals surface area contributed by atoms with Crippen molar-refractivity contribution in [2.75, 3.05) is 0 Å². The van der Waals surface area contributed by atoms with E-state index in [1.165, 1.54) is 0 Å². The van der Waals surface area contributed by atoms with Gasteiger partial charge in [0.1, 0.15) is 5.78 Å². The monoisotopic (exact) mass is 168 g/mol. The molecule has 1 heteroatoms. The van der Waals surface area contributed by atoms with Crippen LogP contribution in [0.15, 0.2) is 12.7 Å². The molecule has 1 nitrogen and oxygen atoms in total. The van der Waals surface area contributed by atoms with Crippen LogP contribution in [0.3, 0.4) is 0 Å². The molecule has 0 saturated heterocycles. The zero-order valence-electron chi connectivity index (χ0n) is 8.47. The van der Waals surface area contributed by atoms with Gasteiger partial charge in [-0.05, 0) is 18.8 Å². The van der Waals surface area contributed by atoms with E-state index in [4.69, 9.17) is 0 Å². The Morgan fingerprint density at radius 3 is 2.42 bits per heavy atom. The number of hydrogen-bond acceptors (Lipinski definition) is 1. The van der Waals surface area contributed by atoms with Crippen LogP contribution in [0.4, 0.5) is 0 Å². The summed E-state index contributed by atoms with van der Waals surface area (Å²) >= 11 is 0. The minimum absolute atomic E-state index is 0.227. The summed E-state index contributed by atoms with van der Waals surface area (Å²) < 4.78 is 0. The van der Waals surface area contributed by atoms with Gasteiger partial charge in [0.05, 0.1) is 0 Å². The molecule has 0 N–H and O–H groups in total. The SMILES string of the molecule is C=CCCC(=O)C(C)CC(C)C. The lowest BCUT2D eigenvalue weighted by Crippen LogP contribution is -2.12. The highest BCUT2D eigenvalue weighted by Gasteiger charge is 2.12. The maximum absolute atomic E-state index is 11.4. The van der Waals surface area contributed by atoms with Gasteiger partial charge in [0, 0.05) is 12.3 Å². The van der Waals surface area contributed by atoms with Crippen LogP contribution in [0.5, 0.6) is 0 Å². The molecule has 0 aliphatic heterocycles. The molecule has 0 spiro atoms. The fourth-order valence-corrected chi connectivity index (χ4v) is 1.33. The predicted molar refractivity (Wildman–Crippen MR) is 53.1 cm³/mol. The average molecular weight is 168 g/mol. The van der Waals surface area contributed by atoms with Gasteiger partial charge in [-0.3, -0.25) is 4.79 Å². The van der Waals surface area contributed by atoms with E-state index < -0.39 is 0 Å². The van der Waals surface area contributed by atoms with Crippen molar-refractivity contribution in [1.29, 1.82) is 0 Å². The lowest BCUT2D eigenvalue weighted by Gasteiger charge is -2.11. The van der Waals surface area contributed by atoms with Gasteiger partial charge in [-0.15, -0.1) is 6.58 Å². The van der Waals surface area contributed by atoms with Crippen molar-refractivity contribution in [2.24, 2.45) is 11.8 Å². The molecule has 0 aliphatic carbocycles. The smallest absolute Gasteiger partial charge is 0.136 e. The van der Waals surface area contributed by atoms with Gasteiger partial charge in [-0.25, -0.2) is 0 Å². The minimum Gasteiger partial charge on any atom is -0.299 e. The Morgan fingerprint density at radius 2 is 2.00 bits per heavy atom. The second-order valence-electron chi connectivity index (χ2n) is 3.82. The Hall–Kier alpha value is -0.590. The maximum atomic E-state index is 11.4. The largest absolute Gasteiger partial charge is 0.299 e. The molecule has 0 aliphatic rings. The molecule has 0 bridgehead atoms. The fourth-order valence-electron chi connectivity index (χ4n) is 1.33.